The summed E-state index contributed by atoms with van der Waals surface area (Å²) in [4.78, 5) is -0.337. The Hall–Kier alpha value is 0.0900. The monoisotopic (exact) mass is 208 g/mol. The summed E-state index contributed by atoms with van der Waals surface area (Å²) in [7, 11) is 0. The first-order valence-electron chi connectivity index (χ1n) is 3.21. The van der Waals surface area contributed by atoms with Crippen molar-refractivity contribution in [3.05, 3.63) is 34.9 Å². The average Bonchev–Trinajstić information content (AvgIpc) is 1.93. The summed E-state index contributed by atoms with van der Waals surface area (Å²) < 4.78 is 0. The van der Waals surface area contributed by atoms with Gasteiger partial charge in [-0.25, -0.2) is 0 Å². The number of halogens is 3. The van der Waals surface area contributed by atoms with Crippen molar-refractivity contribution in [2.45, 2.75) is 11.3 Å². The minimum Gasteiger partial charge on any atom is -0.105 e. The lowest BCUT2D eigenvalue weighted by Crippen LogP contribution is -1.92. The molecule has 0 heterocycles. The summed E-state index contributed by atoms with van der Waals surface area (Å²) in [6.45, 7) is 0. The van der Waals surface area contributed by atoms with E-state index in [2.05, 4.69) is 0 Å². The lowest BCUT2D eigenvalue weighted by atomic mass is 10.2. The zero-order valence-electron chi connectivity index (χ0n) is 5.73. The molecule has 3 heteroatoms. The van der Waals surface area contributed by atoms with Gasteiger partial charge in [-0.15, -0.1) is 23.2 Å². The smallest absolute Gasteiger partial charge is 0.105 e. The molecule has 60 valence electrons. The van der Waals surface area contributed by atoms with E-state index in [1.807, 2.05) is 24.3 Å². The zero-order valence-corrected chi connectivity index (χ0v) is 8.00. The molecule has 0 saturated carbocycles. The lowest BCUT2D eigenvalue weighted by Gasteiger charge is -2.00. The van der Waals surface area contributed by atoms with Crippen molar-refractivity contribution in [2.24, 2.45) is 0 Å². The summed E-state index contributed by atoms with van der Waals surface area (Å²) in [6, 6.07) is 7.49. The first kappa shape index (κ1) is 9.18. The Morgan fingerprint density at radius 2 is 1.64 bits per heavy atom. The maximum Gasteiger partial charge on any atom is 0.111 e. The summed E-state index contributed by atoms with van der Waals surface area (Å²) in [5.41, 5.74) is 1.10. The second kappa shape index (κ2) is 4.20. The second-order valence-corrected chi connectivity index (χ2v) is 3.94. The SMILES string of the molecule is Clc1ccc(CC(Cl)Cl)cc1. The van der Waals surface area contributed by atoms with Gasteiger partial charge in [0.15, 0.2) is 0 Å². The Bertz CT molecular complexity index is 215. The van der Waals surface area contributed by atoms with Crippen LogP contribution in [0.3, 0.4) is 0 Å². The van der Waals surface area contributed by atoms with Crippen LogP contribution in [0.1, 0.15) is 5.56 Å². The molecule has 0 aliphatic heterocycles. The fourth-order valence-corrected chi connectivity index (χ4v) is 1.28. The normalized spacial score (nSPS) is 10.5. The first-order valence-corrected chi connectivity index (χ1v) is 4.46. The summed E-state index contributed by atoms with van der Waals surface area (Å²) in [5, 5.41) is 0.731. The van der Waals surface area contributed by atoms with E-state index in [0.29, 0.717) is 6.42 Å². The predicted octanol–water partition coefficient (Wildman–Crippen LogP) is 3.69. The van der Waals surface area contributed by atoms with Gasteiger partial charge in [0.2, 0.25) is 0 Å². The first-order chi connectivity index (χ1) is 5.18. The summed E-state index contributed by atoms with van der Waals surface area (Å²) >= 11 is 16.9. The number of hydrogen-bond donors (Lipinski definition) is 0. The van der Waals surface area contributed by atoms with Crippen LogP contribution in [0, 0.1) is 0 Å². The van der Waals surface area contributed by atoms with Crippen molar-refractivity contribution in [3.8, 4) is 0 Å². The van der Waals surface area contributed by atoms with E-state index in [9.17, 15) is 0 Å². The van der Waals surface area contributed by atoms with Crippen molar-refractivity contribution in [3.63, 3.8) is 0 Å². The van der Waals surface area contributed by atoms with Gasteiger partial charge in [0, 0.05) is 11.4 Å². The zero-order chi connectivity index (χ0) is 8.27. The second-order valence-electron chi connectivity index (χ2n) is 2.22. The summed E-state index contributed by atoms with van der Waals surface area (Å²) in [6.07, 6.45) is 0.667. The Morgan fingerprint density at radius 1 is 1.09 bits per heavy atom. The quantitative estimate of drug-likeness (QED) is 0.652. The Kier molecular flexibility index (Phi) is 3.50. The molecule has 0 saturated heterocycles. The largest absolute Gasteiger partial charge is 0.111 e. The number of benzene rings is 1. The highest BCUT2D eigenvalue weighted by molar-refractivity contribution is 6.44. The summed E-state index contributed by atoms with van der Waals surface area (Å²) in [5.74, 6) is 0. The third-order valence-electron chi connectivity index (χ3n) is 1.30. The van der Waals surface area contributed by atoms with Crippen LogP contribution >= 0.6 is 34.8 Å². The van der Waals surface area contributed by atoms with Gasteiger partial charge >= 0.3 is 0 Å². The van der Waals surface area contributed by atoms with Crippen molar-refractivity contribution >= 4 is 34.8 Å². The molecule has 0 spiro atoms. The molecule has 0 amide bonds. The molecule has 0 N–H and O–H groups in total. The van der Waals surface area contributed by atoms with Crippen molar-refractivity contribution < 1.29 is 0 Å². The van der Waals surface area contributed by atoms with E-state index in [1.54, 1.807) is 0 Å². The van der Waals surface area contributed by atoms with Gasteiger partial charge < -0.3 is 0 Å². The Balaban J connectivity index is 2.66. The Labute approximate surface area is 81.1 Å². The molecule has 0 bridgehead atoms. The third kappa shape index (κ3) is 3.33. The maximum absolute atomic E-state index is 5.68. The third-order valence-corrected chi connectivity index (χ3v) is 1.86. The molecule has 0 atom stereocenters. The standard InChI is InChI=1S/C8H7Cl3/c9-7-3-1-6(2-4-7)5-8(10)11/h1-4,8H,5H2. The topological polar surface area (TPSA) is 0 Å². The molecule has 0 unspecified atom stereocenters. The van der Waals surface area contributed by atoms with Gasteiger partial charge in [0.05, 0.1) is 0 Å². The van der Waals surface area contributed by atoms with Gasteiger partial charge in [0.25, 0.3) is 0 Å². The molecule has 0 aromatic heterocycles. The van der Waals surface area contributed by atoms with E-state index < -0.39 is 0 Å². The van der Waals surface area contributed by atoms with Crippen LogP contribution in [0.4, 0.5) is 0 Å². The van der Waals surface area contributed by atoms with Crippen LogP contribution in [0.2, 0.25) is 5.02 Å². The highest BCUT2D eigenvalue weighted by Crippen LogP contribution is 2.14. The fourth-order valence-electron chi connectivity index (χ4n) is 0.799. The van der Waals surface area contributed by atoms with Crippen LogP contribution < -0.4 is 0 Å². The lowest BCUT2D eigenvalue weighted by molar-refractivity contribution is 1.09. The minimum atomic E-state index is -0.337. The van der Waals surface area contributed by atoms with Crippen LogP contribution in [0.5, 0.6) is 0 Å². The molecule has 1 rings (SSSR count). The molecule has 0 nitrogen and oxygen atoms in total. The molecule has 0 fully saturated rings. The van der Waals surface area contributed by atoms with Crippen molar-refractivity contribution in [2.75, 3.05) is 0 Å². The van der Waals surface area contributed by atoms with Gasteiger partial charge in [-0.05, 0) is 17.7 Å². The number of hydrogen-bond acceptors (Lipinski definition) is 0. The average molecular weight is 210 g/mol. The highest BCUT2D eigenvalue weighted by atomic mass is 35.5. The van der Waals surface area contributed by atoms with Crippen LogP contribution in [0.25, 0.3) is 0 Å². The van der Waals surface area contributed by atoms with E-state index in [1.165, 1.54) is 0 Å². The van der Waals surface area contributed by atoms with Gasteiger partial charge in [0.1, 0.15) is 4.84 Å². The van der Waals surface area contributed by atoms with Crippen LogP contribution in [0.15, 0.2) is 24.3 Å². The molecule has 0 aliphatic carbocycles. The van der Waals surface area contributed by atoms with E-state index >= 15 is 0 Å². The van der Waals surface area contributed by atoms with Gasteiger partial charge in [-0.3, -0.25) is 0 Å². The molecule has 1 aromatic rings. The van der Waals surface area contributed by atoms with Crippen molar-refractivity contribution in [1.29, 1.82) is 0 Å². The molecular formula is C8H7Cl3. The highest BCUT2D eigenvalue weighted by Gasteiger charge is 1.99. The maximum atomic E-state index is 5.68. The van der Waals surface area contributed by atoms with E-state index in [0.717, 1.165) is 10.6 Å². The van der Waals surface area contributed by atoms with E-state index in [4.69, 9.17) is 34.8 Å². The Morgan fingerprint density at radius 3 is 2.09 bits per heavy atom. The minimum absolute atomic E-state index is 0.337. The van der Waals surface area contributed by atoms with Gasteiger partial charge in [-0.2, -0.15) is 0 Å². The van der Waals surface area contributed by atoms with E-state index in [-0.39, 0.29) is 4.84 Å². The number of alkyl halides is 2. The predicted molar refractivity (Wildman–Crippen MR) is 50.7 cm³/mol. The van der Waals surface area contributed by atoms with Crippen LogP contribution in [-0.4, -0.2) is 4.84 Å². The molecule has 11 heavy (non-hydrogen) atoms. The molecule has 0 aliphatic rings. The molecular weight excluding hydrogens is 202 g/mol. The number of rotatable bonds is 2. The van der Waals surface area contributed by atoms with Crippen LogP contribution in [-0.2, 0) is 6.42 Å². The fraction of sp³-hybridized carbons (Fsp3) is 0.250. The molecule has 0 radical (unpaired) electrons. The van der Waals surface area contributed by atoms with Crippen molar-refractivity contribution in [1.82, 2.24) is 0 Å². The van der Waals surface area contributed by atoms with Gasteiger partial charge in [-0.1, -0.05) is 23.7 Å². The molecule has 1 aromatic carbocycles.